The van der Waals surface area contributed by atoms with Gasteiger partial charge in [-0.15, -0.1) is 10.2 Å². The zero-order chi connectivity index (χ0) is 23.8. The molecular weight excluding hydrogens is 445 g/mol. The van der Waals surface area contributed by atoms with Gasteiger partial charge in [0.1, 0.15) is 23.0 Å². The minimum Gasteiger partial charge on any atom is -0.348 e. The minimum absolute atomic E-state index is 0.0144. The molecule has 0 spiro atoms. The van der Waals surface area contributed by atoms with Crippen molar-refractivity contribution in [1.29, 1.82) is 0 Å². The smallest absolute Gasteiger partial charge is 0.270 e. The molecule has 0 saturated heterocycles. The highest BCUT2D eigenvalue weighted by molar-refractivity contribution is 5.95. The Balaban J connectivity index is 1.23. The van der Waals surface area contributed by atoms with E-state index in [4.69, 9.17) is 0 Å². The fraction of sp³-hybridized carbons (Fsp3) is 0.154. The van der Waals surface area contributed by atoms with E-state index < -0.39 is 0 Å². The first kappa shape index (κ1) is 21.0. The van der Waals surface area contributed by atoms with E-state index in [1.54, 1.807) is 53.5 Å². The normalized spacial score (nSPS) is 17.2. The van der Waals surface area contributed by atoms with Crippen LogP contribution in [0.4, 0.5) is 4.39 Å². The Bertz CT molecular complexity index is 1530. The SMILES string of the molecule is O=C(NC1CC(c2nnc(-c3ccccn3)n2-c2ccccc2F)C1)c1ccc2cnccc2n1. The number of fused-ring (bicyclic) bond motifs is 1. The number of nitrogens with zero attached hydrogens (tertiary/aromatic N) is 6. The van der Waals surface area contributed by atoms with Crippen molar-refractivity contribution < 1.29 is 9.18 Å². The zero-order valence-electron chi connectivity index (χ0n) is 18.5. The lowest BCUT2D eigenvalue weighted by molar-refractivity contribution is 0.0902. The third kappa shape index (κ3) is 3.90. The quantitative estimate of drug-likeness (QED) is 0.420. The molecule has 9 heteroatoms. The molecule has 1 saturated carbocycles. The van der Waals surface area contributed by atoms with E-state index in [0.29, 0.717) is 41.6 Å². The Morgan fingerprint density at radius 1 is 0.971 bits per heavy atom. The van der Waals surface area contributed by atoms with Gasteiger partial charge in [0.2, 0.25) is 0 Å². The molecule has 0 unspecified atom stereocenters. The van der Waals surface area contributed by atoms with E-state index in [1.165, 1.54) is 6.07 Å². The highest BCUT2D eigenvalue weighted by Crippen LogP contribution is 2.38. The lowest BCUT2D eigenvalue weighted by atomic mass is 9.79. The Kier molecular flexibility index (Phi) is 5.21. The molecule has 0 radical (unpaired) electrons. The summed E-state index contributed by atoms with van der Waals surface area (Å²) in [6, 6.07) is 17.3. The molecule has 5 aromatic rings. The predicted molar refractivity (Wildman–Crippen MR) is 127 cm³/mol. The van der Waals surface area contributed by atoms with Crippen LogP contribution in [0.25, 0.3) is 28.1 Å². The van der Waals surface area contributed by atoms with Gasteiger partial charge in [0.15, 0.2) is 5.82 Å². The lowest BCUT2D eigenvalue weighted by Gasteiger charge is -2.35. The molecule has 1 aromatic carbocycles. The van der Waals surface area contributed by atoms with Gasteiger partial charge >= 0.3 is 0 Å². The summed E-state index contributed by atoms with van der Waals surface area (Å²) in [5.41, 5.74) is 2.06. The van der Waals surface area contributed by atoms with Crippen LogP contribution in [0.2, 0.25) is 0 Å². The predicted octanol–water partition coefficient (Wildman–Crippen LogP) is 4.09. The van der Waals surface area contributed by atoms with E-state index in [1.807, 2.05) is 24.3 Å². The molecule has 4 aromatic heterocycles. The summed E-state index contributed by atoms with van der Waals surface area (Å²) in [7, 11) is 0. The van der Waals surface area contributed by atoms with E-state index in [9.17, 15) is 9.18 Å². The molecule has 0 bridgehead atoms. The Morgan fingerprint density at radius 3 is 2.66 bits per heavy atom. The van der Waals surface area contributed by atoms with E-state index in [2.05, 4.69) is 30.5 Å². The molecule has 1 N–H and O–H groups in total. The summed E-state index contributed by atoms with van der Waals surface area (Å²) in [4.78, 5) is 25.7. The summed E-state index contributed by atoms with van der Waals surface area (Å²) in [6.45, 7) is 0. The van der Waals surface area contributed by atoms with Gasteiger partial charge in [-0.3, -0.25) is 19.3 Å². The third-order valence-electron chi connectivity index (χ3n) is 6.24. The summed E-state index contributed by atoms with van der Waals surface area (Å²) in [6.07, 6.45) is 6.36. The first-order chi connectivity index (χ1) is 17.2. The maximum atomic E-state index is 14.8. The maximum Gasteiger partial charge on any atom is 0.270 e. The molecule has 35 heavy (non-hydrogen) atoms. The van der Waals surface area contributed by atoms with Gasteiger partial charge in [0.05, 0.1) is 11.2 Å². The second-order valence-electron chi connectivity index (χ2n) is 8.49. The van der Waals surface area contributed by atoms with Crippen LogP contribution in [0, 0.1) is 5.82 Å². The van der Waals surface area contributed by atoms with Crippen molar-refractivity contribution in [2.24, 2.45) is 0 Å². The average Bonchev–Trinajstić information content (AvgIpc) is 3.30. The van der Waals surface area contributed by atoms with E-state index >= 15 is 0 Å². The molecule has 6 rings (SSSR count). The topological polar surface area (TPSA) is 98.5 Å². The number of amides is 1. The molecule has 172 valence electrons. The summed E-state index contributed by atoms with van der Waals surface area (Å²) >= 11 is 0. The number of para-hydroxylation sites is 1. The van der Waals surface area contributed by atoms with Gasteiger partial charge in [-0.2, -0.15) is 0 Å². The number of hydrogen-bond donors (Lipinski definition) is 1. The fourth-order valence-corrected chi connectivity index (χ4v) is 4.39. The Morgan fingerprint density at radius 2 is 1.83 bits per heavy atom. The van der Waals surface area contributed by atoms with Crippen molar-refractivity contribution in [3.05, 3.63) is 96.6 Å². The monoisotopic (exact) mass is 465 g/mol. The first-order valence-corrected chi connectivity index (χ1v) is 11.3. The molecule has 1 amide bonds. The standard InChI is InChI=1S/C26H20FN7O/c27-19-5-1-2-7-23(19)34-24(32-33-25(34)21-6-3-4-11-29-21)17-13-18(14-17)30-26(35)22-9-8-16-15-28-12-10-20(16)31-22/h1-12,15,17-18H,13-14H2,(H,30,35). The lowest BCUT2D eigenvalue weighted by Crippen LogP contribution is -2.44. The molecule has 1 fully saturated rings. The molecule has 0 atom stereocenters. The van der Waals surface area contributed by atoms with Crippen LogP contribution in [-0.4, -0.2) is 41.7 Å². The van der Waals surface area contributed by atoms with E-state index in [0.717, 1.165) is 10.9 Å². The fourth-order valence-electron chi connectivity index (χ4n) is 4.39. The van der Waals surface area contributed by atoms with Gasteiger partial charge in [-0.1, -0.05) is 18.2 Å². The molecule has 0 aliphatic heterocycles. The van der Waals surface area contributed by atoms with Crippen LogP contribution < -0.4 is 5.32 Å². The summed E-state index contributed by atoms with van der Waals surface area (Å²) in [5.74, 6) is 0.551. The maximum absolute atomic E-state index is 14.8. The molecular formula is C26H20FN7O. The van der Waals surface area contributed by atoms with E-state index in [-0.39, 0.29) is 23.7 Å². The van der Waals surface area contributed by atoms with Gasteiger partial charge in [0.25, 0.3) is 5.91 Å². The average molecular weight is 465 g/mol. The number of halogens is 1. The molecule has 4 heterocycles. The van der Waals surface area contributed by atoms with Crippen LogP contribution in [-0.2, 0) is 0 Å². The zero-order valence-corrected chi connectivity index (χ0v) is 18.5. The summed E-state index contributed by atoms with van der Waals surface area (Å²) in [5, 5.41) is 12.7. The number of nitrogens with one attached hydrogen (secondary N) is 1. The second-order valence-corrected chi connectivity index (χ2v) is 8.49. The number of aromatic nitrogens is 6. The van der Waals surface area contributed by atoms with Crippen LogP contribution in [0.1, 0.15) is 35.1 Å². The highest BCUT2D eigenvalue weighted by atomic mass is 19.1. The van der Waals surface area contributed by atoms with Crippen molar-refractivity contribution in [3.63, 3.8) is 0 Å². The van der Waals surface area contributed by atoms with Gasteiger partial charge in [-0.05, 0) is 55.3 Å². The number of hydrogen-bond acceptors (Lipinski definition) is 6. The third-order valence-corrected chi connectivity index (χ3v) is 6.24. The van der Waals surface area contributed by atoms with Crippen molar-refractivity contribution in [2.45, 2.75) is 24.8 Å². The molecule has 1 aliphatic carbocycles. The van der Waals surface area contributed by atoms with Gasteiger partial charge in [0, 0.05) is 35.9 Å². The number of benzene rings is 1. The largest absolute Gasteiger partial charge is 0.348 e. The number of rotatable bonds is 5. The number of carbonyl (C=O) groups excluding carboxylic acids is 1. The van der Waals surface area contributed by atoms with Crippen molar-refractivity contribution in [3.8, 4) is 17.2 Å². The van der Waals surface area contributed by atoms with Crippen molar-refractivity contribution in [1.82, 2.24) is 35.0 Å². The molecule has 8 nitrogen and oxygen atoms in total. The van der Waals surface area contributed by atoms with Gasteiger partial charge in [-0.25, -0.2) is 9.37 Å². The number of carbonyl (C=O) groups is 1. The van der Waals surface area contributed by atoms with Crippen molar-refractivity contribution >= 4 is 16.8 Å². The summed E-state index contributed by atoms with van der Waals surface area (Å²) < 4.78 is 16.5. The van der Waals surface area contributed by atoms with Crippen LogP contribution in [0.15, 0.2) is 79.3 Å². The number of pyridine rings is 3. The van der Waals surface area contributed by atoms with Crippen LogP contribution >= 0.6 is 0 Å². The molecule has 1 aliphatic rings. The van der Waals surface area contributed by atoms with Gasteiger partial charge < -0.3 is 5.32 Å². The highest BCUT2D eigenvalue weighted by Gasteiger charge is 2.36. The Hall–Kier alpha value is -4.53. The Labute approximate surface area is 199 Å². The van der Waals surface area contributed by atoms with Crippen LogP contribution in [0.3, 0.4) is 0 Å². The first-order valence-electron chi connectivity index (χ1n) is 11.3. The second kappa shape index (κ2) is 8.68. The van der Waals surface area contributed by atoms with Crippen LogP contribution in [0.5, 0.6) is 0 Å². The van der Waals surface area contributed by atoms with Crippen molar-refractivity contribution in [2.75, 3.05) is 0 Å². The minimum atomic E-state index is -0.368.